The first-order chi connectivity index (χ1) is 15.6. The Morgan fingerprint density at radius 3 is 1.85 bits per heavy atom. The van der Waals surface area contributed by atoms with Crippen molar-refractivity contribution in [3.8, 4) is 0 Å². The molecular weight excluding hydrogens is 460 g/mol. The second-order valence-electron chi connectivity index (χ2n) is 11.3. The monoisotopic (exact) mass is 504 g/mol. The summed E-state index contributed by atoms with van der Waals surface area (Å²) >= 11 is 0. The molecule has 34 heavy (non-hydrogen) atoms. The molecule has 0 spiro atoms. The van der Waals surface area contributed by atoms with E-state index in [1.807, 2.05) is 13.8 Å². The average Bonchev–Trinajstić information content (AvgIpc) is 2.74. The van der Waals surface area contributed by atoms with E-state index in [9.17, 15) is 8.42 Å². The van der Waals surface area contributed by atoms with Crippen LogP contribution in [-0.2, 0) is 18.7 Å². The number of hydrogen-bond acceptors (Lipinski definition) is 4. The molecule has 0 radical (unpaired) electrons. The van der Waals surface area contributed by atoms with E-state index in [-0.39, 0.29) is 28.6 Å². The van der Waals surface area contributed by atoms with Crippen LogP contribution in [0.3, 0.4) is 0 Å². The summed E-state index contributed by atoms with van der Waals surface area (Å²) in [4.78, 5) is 0.195. The summed E-state index contributed by atoms with van der Waals surface area (Å²) < 4.78 is 37.8. The lowest BCUT2D eigenvalue weighted by molar-refractivity contribution is 0.0844. The van der Waals surface area contributed by atoms with Crippen molar-refractivity contribution in [1.82, 2.24) is 0 Å². The summed E-state index contributed by atoms with van der Waals surface area (Å²) in [6, 6.07) is 15.5. The van der Waals surface area contributed by atoms with Crippen molar-refractivity contribution in [3.63, 3.8) is 0 Å². The van der Waals surface area contributed by atoms with Crippen LogP contribution in [0.15, 0.2) is 53.4 Å². The third-order valence-electron chi connectivity index (χ3n) is 7.21. The molecule has 0 fully saturated rings. The normalized spacial score (nSPS) is 15.7. The molecule has 0 N–H and O–H groups in total. The molecule has 190 valence electrons. The fourth-order valence-corrected chi connectivity index (χ4v) is 6.03. The van der Waals surface area contributed by atoms with E-state index in [0.717, 1.165) is 18.4 Å². The van der Waals surface area contributed by atoms with Crippen LogP contribution in [0.4, 0.5) is 0 Å². The molecule has 2 aromatic rings. The quantitative estimate of drug-likeness (QED) is 0.233. The highest BCUT2D eigenvalue weighted by Crippen LogP contribution is 2.39. The Balaban J connectivity index is 2.13. The highest BCUT2D eigenvalue weighted by Gasteiger charge is 2.40. The first-order valence-electron chi connectivity index (χ1n) is 12.3. The summed E-state index contributed by atoms with van der Waals surface area (Å²) in [5.41, 5.74) is 3.59. The van der Waals surface area contributed by atoms with Gasteiger partial charge in [0.05, 0.1) is 11.5 Å². The van der Waals surface area contributed by atoms with Crippen LogP contribution in [0.2, 0.25) is 18.1 Å². The average molecular weight is 505 g/mol. The van der Waals surface area contributed by atoms with Gasteiger partial charge in [0.15, 0.2) is 8.32 Å². The topological polar surface area (TPSA) is 52.6 Å². The van der Waals surface area contributed by atoms with E-state index in [1.165, 1.54) is 11.1 Å². The van der Waals surface area contributed by atoms with Crippen molar-refractivity contribution in [1.29, 1.82) is 0 Å². The molecule has 0 bridgehead atoms. The number of rotatable bonds is 11. The van der Waals surface area contributed by atoms with Crippen LogP contribution < -0.4 is 0 Å². The van der Waals surface area contributed by atoms with Crippen molar-refractivity contribution in [2.24, 2.45) is 5.92 Å². The molecular formula is C28H44O4SSi. The van der Waals surface area contributed by atoms with Gasteiger partial charge in [0, 0.05) is 12.0 Å². The molecule has 0 heterocycles. The molecule has 6 heteroatoms. The Labute approximate surface area is 209 Å². The van der Waals surface area contributed by atoms with Crippen molar-refractivity contribution < 1.29 is 17.0 Å². The van der Waals surface area contributed by atoms with Crippen LogP contribution >= 0.6 is 0 Å². The first-order valence-corrected chi connectivity index (χ1v) is 16.6. The lowest BCUT2D eigenvalue weighted by Gasteiger charge is -2.41. The van der Waals surface area contributed by atoms with Crippen molar-refractivity contribution in [2.45, 2.75) is 96.4 Å². The van der Waals surface area contributed by atoms with Crippen LogP contribution in [0.5, 0.6) is 0 Å². The number of hydrogen-bond donors (Lipinski definition) is 0. The Bertz CT molecular complexity index is 1010. The number of benzene rings is 2. The van der Waals surface area contributed by atoms with Crippen molar-refractivity contribution >= 4 is 18.4 Å². The molecule has 0 aliphatic rings. The van der Waals surface area contributed by atoms with E-state index in [2.05, 4.69) is 72.0 Å². The zero-order valence-corrected chi connectivity index (χ0v) is 24.3. The van der Waals surface area contributed by atoms with Gasteiger partial charge >= 0.3 is 0 Å². The highest BCUT2D eigenvalue weighted by molar-refractivity contribution is 7.86. The van der Waals surface area contributed by atoms with Gasteiger partial charge < -0.3 is 4.43 Å². The minimum absolute atomic E-state index is 0.0560. The Morgan fingerprint density at radius 1 is 0.853 bits per heavy atom. The standard InChI is InChI=1S/C28H44O4SSi/c1-21-10-15-25(16-11-21)23(3)14-19-27(32-34(8,9)28(5,6)7)24(4)20-31-33(29,30)26-17-12-22(2)13-18-26/h10-13,15-18,23-24,27H,14,19-20H2,1-9H3/t23-,24-,27-/m0/s1. The van der Waals surface area contributed by atoms with Gasteiger partial charge in [0.1, 0.15) is 0 Å². The van der Waals surface area contributed by atoms with Crippen LogP contribution in [0.25, 0.3) is 0 Å². The van der Waals surface area contributed by atoms with Crippen LogP contribution in [-0.4, -0.2) is 29.4 Å². The number of aryl methyl sites for hydroxylation is 2. The van der Waals surface area contributed by atoms with Gasteiger partial charge in [-0.25, -0.2) is 0 Å². The minimum atomic E-state index is -3.80. The molecule has 0 aliphatic heterocycles. The molecule has 0 aromatic heterocycles. The fourth-order valence-electron chi connectivity index (χ4n) is 3.57. The van der Waals surface area contributed by atoms with E-state index >= 15 is 0 Å². The zero-order valence-electron chi connectivity index (χ0n) is 22.5. The minimum Gasteiger partial charge on any atom is -0.414 e. The summed E-state index contributed by atoms with van der Waals surface area (Å²) in [6.45, 7) is 19.6. The highest BCUT2D eigenvalue weighted by atomic mass is 32.2. The summed E-state index contributed by atoms with van der Waals surface area (Å²) in [5, 5.41) is 0.0718. The van der Waals surface area contributed by atoms with Gasteiger partial charge in [-0.15, -0.1) is 0 Å². The van der Waals surface area contributed by atoms with Crippen molar-refractivity contribution in [3.05, 3.63) is 65.2 Å². The summed E-state index contributed by atoms with van der Waals surface area (Å²) in [5.74, 6) is 0.343. The van der Waals surface area contributed by atoms with E-state index in [0.29, 0.717) is 5.92 Å². The second kappa shape index (κ2) is 11.5. The molecule has 0 saturated heterocycles. The second-order valence-corrected chi connectivity index (χ2v) is 17.7. The SMILES string of the molecule is Cc1ccc([C@@H](C)CC[C@H](O[Si](C)(C)C(C)(C)C)[C@@H](C)COS(=O)(=O)c2ccc(C)cc2)cc1. The van der Waals surface area contributed by atoms with E-state index in [1.54, 1.807) is 24.3 Å². The predicted molar refractivity (Wildman–Crippen MR) is 144 cm³/mol. The third-order valence-corrected chi connectivity index (χ3v) is 13.0. The lowest BCUT2D eigenvalue weighted by atomic mass is 9.91. The molecule has 0 unspecified atom stereocenters. The molecule has 0 saturated carbocycles. The molecule has 0 aliphatic carbocycles. The molecule has 2 aromatic carbocycles. The van der Waals surface area contributed by atoms with Crippen LogP contribution in [0.1, 0.15) is 70.1 Å². The molecule has 0 amide bonds. The van der Waals surface area contributed by atoms with Gasteiger partial charge in [0.2, 0.25) is 0 Å². The summed E-state index contributed by atoms with van der Waals surface area (Å²) in [7, 11) is -5.84. The van der Waals surface area contributed by atoms with Crippen LogP contribution in [0, 0.1) is 19.8 Å². The largest absolute Gasteiger partial charge is 0.414 e. The van der Waals surface area contributed by atoms with Gasteiger partial charge in [-0.2, -0.15) is 8.42 Å². The van der Waals surface area contributed by atoms with Gasteiger partial charge in [-0.05, 0) is 68.4 Å². The van der Waals surface area contributed by atoms with Crippen molar-refractivity contribution in [2.75, 3.05) is 6.61 Å². The van der Waals surface area contributed by atoms with E-state index < -0.39 is 18.4 Å². The maximum Gasteiger partial charge on any atom is 0.296 e. The van der Waals surface area contributed by atoms with Gasteiger partial charge in [-0.3, -0.25) is 4.18 Å². The third kappa shape index (κ3) is 8.04. The Kier molecular flexibility index (Phi) is 9.74. The zero-order chi connectivity index (χ0) is 25.7. The maximum atomic E-state index is 12.7. The smallest absolute Gasteiger partial charge is 0.296 e. The Morgan fingerprint density at radius 2 is 1.35 bits per heavy atom. The summed E-state index contributed by atoms with van der Waals surface area (Å²) in [6.07, 6.45) is 1.76. The lowest BCUT2D eigenvalue weighted by Crippen LogP contribution is -2.46. The molecule has 3 atom stereocenters. The predicted octanol–water partition coefficient (Wildman–Crippen LogP) is 7.62. The molecule has 4 nitrogen and oxygen atoms in total. The maximum absolute atomic E-state index is 12.7. The van der Waals surface area contributed by atoms with Gasteiger partial charge in [0.25, 0.3) is 10.1 Å². The fraction of sp³-hybridized carbons (Fsp3) is 0.571. The van der Waals surface area contributed by atoms with E-state index in [4.69, 9.17) is 8.61 Å². The van der Waals surface area contributed by atoms with Gasteiger partial charge in [-0.1, -0.05) is 82.1 Å². The first kappa shape index (κ1) is 28.8. The molecule has 2 rings (SSSR count). The Hall–Kier alpha value is -1.47.